The summed E-state index contributed by atoms with van der Waals surface area (Å²) in [5.41, 5.74) is 7.88. The summed E-state index contributed by atoms with van der Waals surface area (Å²) >= 11 is 0. The second-order valence-electron chi connectivity index (χ2n) is 7.34. The van der Waals surface area contributed by atoms with Gasteiger partial charge in [-0.1, -0.05) is 44.2 Å². The Kier molecular flexibility index (Phi) is 5.69. The molecular weight excluding hydrogens is 342 g/mol. The number of nitrogens with zero attached hydrogens (tertiary/aromatic N) is 3. The lowest BCUT2D eigenvalue weighted by molar-refractivity contribution is -0.124. The van der Waals surface area contributed by atoms with E-state index < -0.39 is 0 Å². The van der Waals surface area contributed by atoms with Crippen LogP contribution >= 0.6 is 0 Å². The molecular formula is C20H25N5O2. The van der Waals surface area contributed by atoms with E-state index in [1.54, 1.807) is 6.07 Å². The molecule has 7 nitrogen and oxygen atoms in total. The van der Waals surface area contributed by atoms with E-state index in [2.05, 4.69) is 29.1 Å². The number of hydrogen-bond acceptors (Lipinski definition) is 5. The number of carbonyl (C=O) groups excluding carboxylic acids is 2. The fourth-order valence-electron chi connectivity index (χ4n) is 3.30. The minimum atomic E-state index is -0.290. The summed E-state index contributed by atoms with van der Waals surface area (Å²) < 4.78 is 0. The topological polar surface area (TPSA) is 101 Å². The van der Waals surface area contributed by atoms with Gasteiger partial charge in [0.05, 0.1) is 12.6 Å². The van der Waals surface area contributed by atoms with Crippen LogP contribution in [0.15, 0.2) is 36.4 Å². The molecule has 3 rings (SSSR count). The van der Waals surface area contributed by atoms with Crippen molar-refractivity contribution in [2.75, 3.05) is 18.8 Å². The van der Waals surface area contributed by atoms with Crippen LogP contribution in [0.25, 0.3) is 0 Å². The largest absolute Gasteiger partial charge is 0.368 e. The van der Waals surface area contributed by atoms with E-state index in [4.69, 9.17) is 5.73 Å². The number of anilines is 1. The maximum absolute atomic E-state index is 12.9. The lowest BCUT2D eigenvalue weighted by Crippen LogP contribution is -2.56. The number of amides is 2. The molecule has 1 saturated heterocycles. The van der Waals surface area contributed by atoms with Gasteiger partial charge in [-0.05, 0) is 30.4 Å². The molecule has 142 valence electrons. The molecule has 0 saturated carbocycles. The Bertz CT molecular complexity index is 822. The molecule has 3 N–H and O–H groups in total. The van der Waals surface area contributed by atoms with Crippen molar-refractivity contribution in [3.05, 3.63) is 53.3 Å². The van der Waals surface area contributed by atoms with E-state index >= 15 is 0 Å². The lowest BCUT2D eigenvalue weighted by atomic mass is 10.0. The highest BCUT2D eigenvalue weighted by atomic mass is 16.2. The molecule has 0 bridgehead atoms. The third-order valence-corrected chi connectivity index (χ3v) is 4.39. The number of nitrogens with one attached hydrogen (secondary N) is 1. The predicted molar refractivity (Wildman–Crippen MR) is 103 cm³/mol. The molecule has 1 aromatic carbocycles. The van der Waals surface area contributed by atoms with Gasteiger partial charge in [0.2, 0.25) is 11.9 Å². The summed E-state index contributed by atoms with van der Waals surface area (Å²) in [5, 5.41) is 2.96. The van der Waals surface area contributed by atoms with Gasteiger partial charge in [0.15, 0.2) is 0 Å². The van der Waals surface area contributed by atoms with Gasteiger partial charge in [-0.2, -0.15) is 0 Å². The minimum absolute atomic E-state index is 0.0214. The standard InChI is InChI=1S/C20H25N5O2/c1-13(2)8-15-10-17(24-20(21)23-15)19(27)25-11-16(22-18(26)12-25)9-14-6-4-3-5-7-14/h3-7,10,13,16H,8-9,11-12H2,1-2H3,(H,22,26)(H2,21,23,24)/t16-/m0/s1. The van der Waals surface area contributed by atoms with Crippen molar-refractivity contribution >= 4 is 17.8 Å². The Morgan fingerprint density at radius 2 is 2.04 bits per heavy atom. The van der Waals surface area contributed by atoms with Crippen molar-refractivity contribution in [3.63, 3.8) is 0 Å². The average molecular weight is 367 g/mol. The highest BCUT2D eigenvalue weighted by Crippen LogP contribution is 2.14. The van der Waals surface area contributed by atoms with E-state index in [1.165, 1.54) is 4.90 Å². The van der Waals surface area contributed by atoms with E-state index in [-0.39, 0.29) is 36.0 Å². The van der Waals surface area contributed by atoms with Crippen molar-refractivity contribution in [2.45, 2.75) is 32.7 Å². The molecule has 0 unspecified atom stereocenters. The molecule has 27 heavy (non-hydrogen) atoms. The van der Waals surface area contributed by atoms with Gasteiger partial charge in [-0.25, -0.2) is 9.97 Å². The first-order valence-corrected chi connectivity index (χ1v) is 9.16. The molecule has 0 spiro atoms. The maximum atomic E-state index is 12.9. The average Bonchev–Trinajstić information content (AvgIpc) is 2.60. The Morgan fingerprint density at radius 1 is 1.30 bits per heavy atom. The summed E-state index contributed by atoms with van der Waals surface area (Å²) in [6.45, 7) is 4.60. The lowest BCUT2D eigenvalue weighted by Gasteiger charge is -2.33. The van der Waals surface area contributed by atoms with Crippen molar-refractivity contribution in [1.29, 1.82) is 0 Å². The van der Waals surface area contributed by atoms with Gasteiger partial charge >= 0.3 is 0 Å². The first-order valence-electron chi connectivity index (χ1n) is 9.16. The van der Waals surface area contributed by atoms with Gasteiger partial charge in [-0.3, -0.25) is 9.59 Å². The van der Waals surface area contributed by atoms with Crippen LogP contribution in [0.4, 0.5) is 5.95 Å². The number of nitrogen functional groups attached to an aromatic ring is 1. The second-order valence-corrected chi connectivity index (χ2v) is 7.34. The number of aromatic nitrogens is 2. The van der Waals surface area contributed by atoms with Crippen LogP contribution in [0.3, 0.4) is 0 Å². The zero-order valence-corrected chi connectivity index (χ0v) is 15.7. The minimum Gasteiger partial charge on any atom is -0.368 e. The van der Waals surface area contributed by atoms with E-state index in [0.29, 0.717) is 25.3 Å². The fraction of sp³-hybridized carbons (Fsp3) is 0.400. The van der Waals surface area contributed by atoms with Crippen LogP contribution in [-0.2, 0) is 17.6 Å². The molecule has 7 heteroatoms. The molecule has 0 aliphatic carbocycles. The number of rotatable bonds is 5. The number of carbonyl (C=O) groups is 2. The highest BCUT2D eigenvalue weighted by Gasteiger charge is 2.29. The fourth-order valence-corrected chi connectivity index (χ4v) is 3.30. The van der Waals surface area contributed by atoms with Crippen LogP contribution in [0.1, 0.15) is 35.6 Å². The van der Waals surface area contributed by atoms with Gasteiger partial charge < -0.3 is 16.0 Å². The van der Waals surface area contributed by atoms with Crippen molar-refractivity contribution in [3.8, 4) is 0 Å². The molecule has 1 aromatic heterocycles. The summed E-state index contributed by atoms with van der Waals surface area (Å²) in [7, 11) is 0. The maximum Gasteiger partial charge on any atom is 0.273 e. The van der Waals surface area contributed by atoms with Crippen LogP contribution in [0.2, 0.25) is 0 Å². The number of hydrogen-bond donors (Lipinski definition) is 2. The zero-order valence-electron chi connectivity index (χ0n) is 15.7. The van der Waals surface area contributed by atoms with Crippen LogP contribution in [0, 0.1) is 5.92 Å². The van der Waals surface area contributed by atoms with Gasteiger partial charge in [0.25, 0.3) is 5.91 Å². The molecule has 0 radical (unpaired) electrons. The molecule has 1 fully saturated rings. The number of nitrogens with two attached hydrogens (primary N) is 1. The first kappa shape index (κ1) is 18.8. The van der Waals surface area contributed by atoms with E-state index in [0.717, 1.165) is 11.3 Å². The molecule has 2 amide bonds. The van der Waals surface area contributed by atoms with Gasteiger partial charge in [-0.15, -0.1) is 0 Å². The summed E-state index contributed by atoms with van der Waals surface area (Å²) in [5.74, 6) is 0.0130. The molecule has 2 heterocycles. The Balaban J connectivity index is 1.75. The number of benzene rings is 1. The normalized spacial score (nSPS) is 17.1. The predicted octanol–water partition coefficient (Wildman–Crippen LogP) is 1.44. The Labute approximate surface area is 159 Å². The zero-order chi connectivity index (χ0) is 19.4. The third kappa shape index (κ3) is 5.03. The van der Waals surface area contributed by atoms with Crippen LogP contribution in [-0.4, -0.2) is 45.8 Å². The van der Waals surface area contributed by atoms with Crippen molar-refractivity contribution in [2.24, 2.45) is 5.92 Å². The second kappa shape index (κ2) is 8.16. The number of piperazine rings is 1. The quantitative estimate of drug-likeness (QED) is 0.833. The SMILES string of the molecule is CC(C)Cc1cc(C(=O)N2CC(=O)N[C@@H](Cc3ccccc3)C2)nc(N)n1. The van der Waals surface area contributed by atoms with Crippen LogP contribution in [0.5, 0.6) is 0 Å². The Hall–Kier alpha value is -2.96. The van der Waals surface area contributed by atoms with Crippen molar-refractivity contribution in [1.82, 2.24) is 20.2 Å². The first-order chi connectivity index (χ1) is 12.9. The Morgan fingerprint density at radius 3 is 2.74 bits per heavy atom. The summed E-state index contributed by atoms with van der Waals surface area (Å²) in [4.78, 5) is 34.9. The summed E-state index contributed by atoms with van der Waals surface area (Å²) in [6.07, 6.45) is 1.38. The van der Waals surface area contributed by atoms with Crippen LogP contribution < -0.4 is 11.1 Å². The highest BCUT2D eigenvalue weighted by molar-refractivity contribution is 5.96. The monoisotopic (exact) mass is 367 g/mol. The molecule has 2 aromatic rings. The molecule has 1 aliphatic rings. The van der Waals surface area contributed by atoms with Gasteiger partial charge in [0.1, 0.15) is 5.69 Å². The smallest absolute Gasteiger partial charge is 0.273 e. The third-order valence-electron chi connectivity index (χ3n) is 4.39. The van der Waals surface area contributed by atoms with Crippen molar-refractivity contribution < 1.29 is 9.59 Å². The van der Waals surface area contributed by atoms with E-state index in [9.17, 15) is 9.59 Å². The summed E-state index contributed by atoms with van der Waals surface area (Å²) in [6, 6.07) is 11.4. The van der Waals surface area contributed by atoms with Gasteiger partial charge in [0, 0.05) is 12.2 Å². The van der Waals surface area contributed by atoms with E-state index in [1.807, 2.05) is 30.3 Å². The molecule has 1 aliphatic heterocycles. The molecule has 1 atom stereocenters.